The molecule has 3 rings (SSSR count). The molecule has 0 unspecified atom stereocenters. The lowest BCUT2D eigenvalue weighted by Crippen LogP contribution is -2.42. The molecule has 6 heteroatoms. The highest BCUT2D eigenvalue weighted by Crippen LogP contribution is 2.35. The highest BCUT2D eigenvalue weighted by Gasteiger charge is 2.35. The highest BCUT2D eigenvalue weighted by molar-refractivity contribution is 6.25. The number of hydrogen-bond donors (Lipinski definition) is 0. The first-order chi connectivity index (χ1) is 11.0. The van der Waals surface area contributed by atoms with Gasteiger partial charge in [-0.25, -0.2) is 9.29 Å². The average Bonchev–Trinajstić information content (AvgIpc) is 2.53. The lowest BCUT2D eigenvalue weighted by atomic mass is 9.96. The number of benzene rings is 2. The molecule has 23 heavy (non-hydrogen) atoms. The molecule has 0 saturated carbocycles. The Hall–Kier alpha value is -2.89. The van der Waals surface area contributed by atoms with E-state index in [2.05, 4.69) is 0 Å². The van der Waals surface area contributed by atoms with Crippen molar-refractivity contribution in [1.29, 1.82) is 0 Å². The van der Waals surface area contributed by atoms with Gasteiger partial charge in [0, 0.05) is 6.07 Å². The number of hydrogen-bond acceptors (Lipinski definition) is 4. The molecule has 0 bridgehead atoms. The highest BCUT2D eigenvalue weighted by atomic mass is 19.1. The molecule has 0 N–H and O–H groups in total. The normalized spacial score (nSPS) is 13.8. The molecule has 2 amide bonds. The van der Waals surface area contributed by atoms with Crippen LogP contribution in [0.3, 0.4) is 0 Å². The maximum Gasteiger partial charge on any atom is 0.269 e. The summed E-state index contributed by atoms with van der Waals surface area (Å²) < 4.78 is 23.8. The minimum absolute atomic E-state index is 0.00511. The summed E-state index contributed by atoms with van der Waals surface area (Å²) in [5.74, 6) is -0.668. The Morgan fingerprint density at radius 3 is 2.52 bits per heavy atom. The van der Waals surface area contributed by atoms with Crippen LogP contribution in [-0.4, -0.2) is 26.0 Å². The van der Waals surface area contributed by atoms with E-state index in [1.807, 2.05) is 0 Å². The van der Waals surface area contributed by atoms with Gasteiger partial charge in [-0.1, -0.05) is 6.07 Å². The largest absolute Gasteiger partial charge is 0.497 e. The molecule has 118 valence electrons. The van der Waals surface area contributed by atoms with Crippen LogP contribution in [0.25, 0.3) is 0 Å². The number of imide groups is 1. The topological polar surface area (TPSA) is 55.8 Å². The quantitative estimate of drug-likeness (QED) is 0.817. The first-order valence-corrected chi connectivity index (χ1v) is 6.93. The summed E-state index contributed by atoms with van der Waals surface area (Å²) in [6, 6.07) is 8.58. The van der Waals surface area contributed by atoms with Crippen LogP contribution in [-0.2, 0) is 11.2 Å². The predicted octanol–water partition coefficient (Wildman–Crippen LogP) is 2.57. The lowest BCUT2D eigenvalue weighted by Gasteiger charge is -2.28. The van der Waals surface area contributed by atoms with Crippen molar-refractivity contribution in [2.24, 2.45) is 0 Å². The molecule has 2 aromatic carbocycles. The number of rotatable bonds is 3. The van der Waals surface area contributed by atoms with Gasteiger partial charge in [0.05, 0.1) is 31.9 Å². The fourth-order valence-corrected chi connectivity index (χ4v) is 2.65. The van der Waals surface area contributed by atoms with Gasteiger partial charge in [-0.3, -0.25) is 9.59 Å². The Balaban J connectivity index is 2.13. The van der Waals surface area contributed by atoms with E-state index in [0.717, 1.165) is 11.0 Å². The van der Waals surface area contributed by atoms with Gasteiger partial charge < -0.3 is 9.47 Å². The van der Waals surface area contributed by atoms with Crippen molar-refractivity contribution in [2.45, 2.75) is 6.42 Å². The number of carbonyl (C=O) groups excluding carboxylic acids is 2. The number of nitrogens with zero attached hydrogens (tertiary/aromatic N) is 1. The number of methoxy groups -OCH3 is 2. The molecule has 1 heterocycles. The maximum absolute atomic E-state index is 13.4. The van der Waals surface area contributed by atoms with E-state index >= 15 is 0 Å². The van der Waals surface area contributed by atoms with Crippen LogP contribution in [0.5, 0.6) is 11.5 Å². The van der Waals surface area contributed by atoms with Gasteiger partial charge in [-0.2, -0.15) is 0 Å². The molecule has 0 radical (unpaired) electrons. The molecule has 0 aromatic heterocycles. The van der Waals surface area contributed by atoms with Crippen LogP contribution in [0.4, 0.5) is 10.1 Å². The minimum atomic E-state index is -0.540. The summed E-state index contributed by atoms with van der Waals surface area (Å²) in [5.41, 5.74) is 1.02. The first-order valence-electron chi connectivity index (χ1n) is 6.93. The maximum atomic E-state index is 13.4. The van der Waals surface area contributed by atoms with E-state index in [4.69, 9.17) is 9.47 Å². The molecule has 0 fully saturated rings. The number of carbonyl (C=O) groups is 2. The number of fused-ring (bicyclic) bond motifs is 1. The van der Waals surface area contributed by atoms with Gasteiger partial charge in [-0.15, -0.1) is 0 Å². The molecule has 0 atom stereocenters. The van der Waals surface area contributed by atoms with Crippen LogP contribution in [0.15, 0.2) is 36.4 Å². The second kappa shape index (κ2) is 5.72. The zero-order chi connectivity index (χ0) is 16.6. The summed E-state index contributed by atoms with van der Waals surface area (Å²) in [6.07, 6.45) is 0.00511. The predicted molar refractivity (Wildman–Crippen MR) is 81.5 cm³/mol. The van der Waals surface area contributed by atoms with E-state index in [-0.39, 0.29) is 17.7 Å². The van der Waals surface area contributed by atoms with Gasteiger partial charge >= 0.3 is 0 Å². The number of ether oxygens (including phenoxy) is 2. The summed E-state index contributed by atoms with van der Waals surface area (Å²) in [4.78, 5) is 26.1. The van der Waals surface area contributed by atoms with E-state index in [1.165, 1.54) is 32.4 Å². The number of halogens is 1. The Labute approximate surface area is 132 Å². The van der Waals surface area contributed by atoms with Crippen LogP contribution in [0, 0.1) is 5.82 Å². The van der Waals surface area contributed by atoms with E-state index in [9.17, 15) is 14.0 Å². The van der Waals surface area contributed by atoms with Crippen molar-refractivity contribution in [3.05, 3.63) is 53.3 Å². The van der Waals surface area contributed by atoms with Crippen LogP contribution >= 0.6 is 0 Å². The fraction of sp³-hybridized carbons (Fsp3) is 0.176. The van der Waals surface area contributed by atoms with Crippen molar-refractivity contribution in [2.75, 3.05) is 19.1 Å². The van der Waals surface area contributed by atoms with Gasteiger partial charge in [0.15, 0.2) is 0 Å². The molecule has 0 saturated heterocycles. The fourth-order valence-electron chi connectivity index (χ4n) is 2.65. The van der Waals surface area contributed by atoms with Crippen molar-refractivity contribution >= 4 is 17.5 Å². The first kappa shape index (κ1) is 15.0. The van der Waals surface area contributed by atoms with E-state index in [0.29, 0.717) is 17.1 Å². The molecular weight excluding hydrogens is 301 g/mol. The smallest absolute Gasteiger partial charge is 0.269 e. The molecular formula is C17H14FNO4. The summed E-state index contributed by atoms with van der Waals surface area (Å²) in [7, 11) is 2.93. The van der Waals surface area contributed by atoms with E-state index in [1.54, 1.807) is 12.1 Å². The Morgan fingerprint density at radius 1 is 1.09 bits per heavy atom. The SMILES string of the molecule is COc1cc2c(c(OC)c1)C(=O)N(c1cccc(F)c1)C(=O)C2. The third-order valence-electron chi connectivity index (χ3n) is 3.69. The monoisotopic (exact) mass is 315 g/mol. The minimum Gasteiger partial charge on any atom is -0.497 e. The number of anilines is 1. The van der Waals surface area contributed by atoms with Crippen molar-refractivity contribution < 1.29 is 23.5 Å². The lowest BCUT2D eigenvalue weighted by molar-refractivity contribution is -0.117. The third kappa shape index (κ3) is 2.52. The molecule has 1 aliphatic rings. The zero-order valence-corrected chi connectivity index (χ0v) is 12.6. The summed E-state index contributed by atoms with van der Waals surface area (Å²) in [6.45, 7) is 0. The zero-order valence-electron chi connectivity index (χ0n) is 12.6. The van der Waals surface area contributed by atoms with Gasteiger partial charge in [0.2, 0.25) is 5.91 Å². The summed E-state index contributed by atoms with van der Waals surface area (Å²) >= 11 is 0. The molecule has 2 aromatic rings. The van der Waals surface area contributed by atoms with Gasteiger partial charge in [-0.05, 0) is 29.8 Å². The van der Waals surface area contributed by atoms with Crippen LogP contribution in [0.2, 0.25) is 0 Å². The molecule has 5 nitrogen and oxygen atoms in total. The van der Waals surface area contributed by atoms with Gasteiger partial charge in [0.25, 0.3) is 5.91 Å². The van der Waals surface area contributed by atoms with Crippen LogP contribution < -0.4 is 14.4 Å². The van der Waals surface area contributed by atoms with Crippen molar-refractivity contribution in [1.82, 2.24) is 0 Å². The standard InChI is InChI=1S/C17H14FNO4/c1-22-13-6-10-7-15(20)19(12-5-3-4-11(18)8-12)17(21)16(10)14(9-13)23-2/h3-6,8-9H,7H2,1-2H3. The molecule has 0 spiro atoms. The Kier molecular flexibility index (Phi) is 3.73. The average molecular weight is 315 g/mol. The second-order valence-corrected chi connectivity index (χ2v) is 5.05. The third-order valence-corrected chi connectivity index (χ3v) is 3.69. The Morgan fingerprint density at radius 2 is 1.87 bits per heavy atom. The van der Waals surface area contributed by atoms with Crippen LogP contribution in [0.1, 0.15) is 15.9 Å². The Bertz CT molecular complexity index is 803. The van der Waals surface area contributed by atoms with E-state index < -0.39 is 17.6 Å². The molecule has 1 aliphatic heterocycles. The van der Waals surface area contributed by atoms with Crippen molar-refractivity contribution in [3.63, 3.8) is 0 Å². The summed E-state index contributed by atoms with van der Waals surface area (Å²) in [5, 5.41) is 0. The van der Waals surface area contributed by atoms with Gasteiger partial charge in [0.1, 0.15) is 17.3 Å². The molecule has 0 aliphatic carbocycles. The van der Waals surface area contributed by atoms with Crippen molar-refractivity contribution in [3.8, 4) is 11.5 Å². The number of amides is 2. The second-order valence-electron chi connectivity index (χ2n) is 5.05.